The maximum absolute atomic E-state index is 11.4. The van der Waals surface area contributed by atoms with Crippen molar-refractivity contribution < 1.29 is 9.53 Å². The van der Waals surface area contributed by atoms with Crippen LogP contribution in [0.2, 0.25) is 0 Å². The molecule has 20 heavy (non-hydrogen) atoms. The second kappa shape index (κ2) is 7.04. The number of piperidine rings is 1. The van der Waals surface area contributed by atoms with Gasteiger partial charge in [0, 0.05) is 24.0 Å². The zero-order chi connectivity index (χ0) is 14.5. The zero-order valence-electron chi connectivity index (χ0n) is 12.4. The van der Waals surface area contributed by atoms with Crippen LogP contribution >= 0.6 is 11.3 Å². The summed E-state index contributed by atoms with van der Waals surface area (Å²) in [5.41, 5.74) is 0.789. The van der Waals surface area contributed by atoms with Gasteiger partial charge in [-0.25, -0.2) is 4.98 Å². The van der Waals surface area contributed by atoms with Gasteiger partial charge in [0.05, 0.1) is 18.7 Å². The van der Waals surface area contributed by atoms with Crippen molar-refractivity contribution in [2.45, 2.75) is 45.2 Å². The maximum Gasteiger partial charge on any atom is 0.311 e. The molecule has 112 valence electrons. The highest BCUT2D eigenvalue weighted by atomic mass is 32.1. The number of carbonyl (C=O) groups is 1. The Bertz CT molecular complexity index is 449. The van der Waals surface area contributed by atoms with Crippen LogP contribution in [0.15, 0.2) is 5.38 Å². The minimum atomic E-state index is -0.211. The lowest BCUT2D eigenvalue weighted by Crippen LogP contribution is -2.42. The average Bonchev–Trinajstić information content (AvgIpc) is 2.81. The Balaban J connectivity index is 1.85. The molecular weight excluding hydrogens is 274 g/mol. The summed E-state index contributed by atoms with van der Waals surface area (Å²) in [6.45, 7) is 5.59. The number of nitrogens with one attached hydrogen (secondary N) is 1. The number of esters is 1. The first-order valence-electron chi connectivity index (χ1n) is 7.15. The molecule has 0 saturated carbocycles. The Hall–Kier alpha value is -1.14. The molecule has 1 saturated heterocycles. The van der Waals surface area contributed by atoms with Gasteiger partial charge in [0.2, 0.25) is 0 Å². The number of hydrogen-bond acceptors (Lipinski definition) is 6. The normalized spacial score (nSPS) is 23.6. The highest BCUT2D eigenvalue weighted by molar-refractivity contribution is 7.13. The zero-order valence-corrected chi connectivity index (χ0v) is 13.2. The molecule has 0 radical (unpaired) electrons. The molecule has 1 aliphatic rings. The highest BCUT2D eigenvalue weighted by Gasteiger charge is 2.23. The summed E-state index contributed by atoms with van der Waals surface area (Å²) in [6.07, 6.45) is 2.52. The number of likely N-dealkylation sites (tertiary alicyclic amines) is 1. The van der Waals surface area contributed by atoms with Crippen molar-refractivity contribution in [1.82, 2.24) is 9.88 Å². The number of hydrogen-bond donors (Lipinski definition) is 1. The quantitative estimate of drug-likeness (QED) is 0.844. The molecule has 0 aliphatic carbocycles. The lowest BCUT2D eigenvalue weighted by molar-refractivity contribution is -0.142. The van der Waals surface area contributed by atoms with Crippen LogP contribution in [0.1, 0.15) is 32.4 Å². The van der Waals surface area contributed by atoms with Gasteiger partial charge in [-0.05, 0) is 33.7 Å². The second-order valence-electron chi connectivity index (χ2n) is 5.32. The largest absolute Gasteiger partial charge is 0.466 e. The third-order valence-corrected chi connectivity index (χ3v) is 4.54. The Morgan fingerprint density at radius 1 is 1.65 bits per heavy atom. The van der Waals surface area contributed by atoms with E-state index in [4.69, 9.17) is 4.74 Å². The molecule has 0 amide bonds. The summed E-state index contributed by atoms with van der Waals surface area (Å²) in [5, 5.41) is 6.32. The average molecular weight is 297 g/mol. The van der Waals surface area contributed by atoms with Gasteiger partial charge < -0.3 is 15.0 Å². The third kappa shape index (κ3) is 4.18. The summed E-state index contributed by atoms with van der Waals surface area (Å²) in [5.74, 6) is -0.211. The molecule has 1 aromatic heterocycles. The Labute approximate surface area is 124 Å². The van der Waals surface area contributed by atoms with Crippen LogP contribution < -0.4 is 5.32 Å². The SMILES string of the molecule is CCOC(=O)Cc1csc(NC2CCN(C)C(C)C2)n1. The van der Waals surface area contributed by atoms with E-state index in [1.54, 1.807) is 11.3 Å². The minimum absolute atomic E-state index is 0.211. The maximum atomic E-state index is 11.4. The Morgan fingerprint density at radius 2 is 2.45 bits per heavy atom. The van der Waals surface area contributed by atoms with Gasteiger partial charge in [0.25, 0.3) is 0 Å². The van der Waals surface area contributed by atoms with Crippen LogP contribution in [0.4, 0.5) is 5.13 Å². The van der Waals surface area contributed by atoms with Crippen molar-refractivity contribution in [2.24, 2.45) is 0 Å². The third-order valence-electron chi connectivity index (χ3n) is 3.72. The lowest BCUT2D eigenvalue weighted by atomic mass is 9.99. The first-order valence-corrected chi connectivity index (χ1v) is 8.03. The first kappa shape index (κ1) is 15.3. The van der Waals surface area contributed by atoms with Crippen molar-refractivity contribution in [2.75, 3.05) is 25.5 Å². The molecule has 1 aromatic rings. The van der Waals surface area contributed by atoms with Crippen LogP contribution in [0, 0.1) is 0 Å². The smallest absolute Gasteiger partial charge is 0.311 e. The van der Waals surface area contributed by atoms with Crippen molar-refractivity contribution in [3.63, 3.8) is 0 Å². The predicted molar refractivity (Wildman–Crippen MR) is 81.2 cm³/mol. The van der Waals surface area contributed by atoms with Crippen molar-refractivity contribution >= 4 is 22.4 Å². The molecule has 1 fully saturated rings. The van der Waals surface area contributed by atoms with E-state index in [0.29, 0.717) is 18.7 Å². The van der Waals surface area contributed by atoms with Gasteiger partial charge in [-0.15, -0.1) is 11.3 Å². The molecule has 5 nitrogen and oxygen atoms in total. The first-order chi connectivity index (χ1) is 9.58. The molecule has 0 aromatic carbocycles. The summed E-state index contributed by atoms with van der Waals surface area (Å²) in [6, 6.07) is 1.07. The molecule has 2 rings (SSSR count). The molecular formula is C14H23N3O2S. The molecule has 2 atom stereocenters. The Kier molecular flexibility index (Phi) is 5.37. The number of ether oxygens (including phenoxy) is 1. The summed E-state index contributed by atoms with van der Waals surface area (Å²) < 4.78 is 4.93. The van der Waals surface area contributed by atoms with Gasteiger partial charge in [-0.3, -0.25) is 4.79 Å². The molecule has 6 heteroatoms. The van der Waals surface area contributed by atoms with E-state index >= 15 is 0 Å². The van der Waals surface area contributed by atoms with Gasteiger partial charge in [0.1, 0.15) is 0 Å². The number of nitrogens with zero attached hydrogens (tertiary/aromatic N) is 2. The number of anilines is 1. The van der Waals surface area contributed by atoms with Crippen LogP contribution in [0.5, 0.6) is 0 Å². The molecule has 0 spiro atoms. The van der Waals surface area contributed by atoms with Crippen molar-refractivity contribution in [1.29, 1.82) is 0 Å². The van der Waals surface area contributed by atoms with E-state index < -0.39 is 0 Å². The van der Waals surface area contributed by atoms with E-state index in [9.17, 15) is 4.79 Å². The van der Waals surface area contributed by atoms with Crippen LogP contribution in [0.25, 0.3) is 0 Å². The highest BCUT2D eigenvalue weighted by Crippen LogP contribution is 2.22. The number of rotatable bonds is 5. The van der Waals surface area contributed by atoms with Gasteiger partial charge >= 0.3 is 5.97 Å². The second-order valence-corrected chi connectivity index (χ2v) is 6.18. The van der Waals surface area contributed by atoms with Gasteiger partial charge in [0.15, 0.2) is 5.13 Å². The van der Waals surface area contributed by atoms with Crippen LogP contribution in [-0.2, 0) is 16.0 Å². The molecule has 2 unspecified atom stereocenters. The molecule has 0 bridgehead atoms. The standard InChI is InChI=1S/C14H23N3O2S/c1-4-19-13(18)8-12-9-20-14(16-12)15-11-5-6-17(3)10(2)7-11/h9-11H,4-8H2,1-3H3,(H,15,16). The monoisotopic (exact) mass is 297 g/mol. The minimum Gasteiger partial charge on any atom is -0.466 e. The number of carbonyl (C=O) groups excluding carboxylic acids is 1. The summed E-state index contributed by atoms with van der Waals surface area (Å²) in [4.78, 5) is 18.3. The summed E-state index contributed by atoms with van der Waals surface area (Å²) in [7, 11) is 2.17. The summed E-state index contributed by atoms with van der Waals surface area (Å²) >= 11 is 1.56. The lowest BCUT2D eigenvalue weighted by Gasteiger charge is -2.35. The van der Waals surface area contributed by atoms with E-state index in [2.05, 4.69) is 29.2 Å². The van der Waals surface area contributed by atoms with E-state index in [1.807, 2.05) is 12.3 Å². The van der Waals surface area contributed by atoms with E-state index in [0.717, 1.165) is 30.2 Å². The van der Waals surface area contributed by atoms with Crippen molar-refractivity contribution in [3.05, 3.63) is 11.1 Å². The number of aromatic nitrogens is 1. The fourth-order valence-electron chi connectivity index (χ4n) is 2.41. The van der Waals surface area contributed by atoms with Crippen LogP contribution in [-0.4, -0.2) is 48.1 Å². The fraction of sp³-hybridized carbons (Fsp3) is 0.714. The van der Waals surface area contributed by atoms with E-state index in [1.165, 1.54) is 0 Å². The van der Waals surface area contributed by atoms with Gasteiger partial charge in [-0.1, -0.05) is 0 Å². The molecule has 2 heterocycles. The molecule has 1 aliphatic heterocycles. The van der Waals surface area contributed by atoms with E-state index in [-0.39, 0.29) is 12.4 Å². The van der Waals surface area contributed by atoms with Crippen molar-refractivity contribution in [3.8, 4) is 0 Å². The number of thiazole rings is 1. The van der Waals surface area contributed by atoms with Crippen LogP contribution in [0.3, 0.4) is 0 Å². The molecule has 1 N–H and O–H groups in total. The Morgan fingerprint density at radius 3 is 3.15 bits per heavy atom. The predicted octanol–water partition coefficient (Wildman–Crippen LogP) is 2.14. The topological polar surface area (TPSA) is 54.5 Å². The fourth-order valence-corrected chi connectivity index (χ4v) is 3.20. The van der Waals surface area contributed by atoms with Gasteiger partial charge in [-0.2, -0.15) is 0 Å².